The van der Waals surface area contributed by atoms with Crippen LogP contribution in [0.25, 0.3) is 11.1 Å². The summed E-state index contributed by atoms with van der Waals surface area (Å²) in [5.41, 5.74) is 0.853. The Bertz CT molecular complexity index is 995. The van der Waals surface area contributed by atoms with Crippen LogP contribution in [0.15, 0.2) is 35.2 Å². The first-order valence-electron chi connectivity index (χ1n) is 7.50. The Balaban J connectivity index is 2.23. The van der Waals surface area contributed by atoms with Gasteiger partial charge in [-0.05, 0) is 36.8 Å². The standard InChI is InChI=1S/C16H13Cl3N2O4S/c17-12-8-14(19)13(18)7-10(12)11-6-9(2-3-15(11)26(23,24)25)21-5-1-4-20-16(21)22/h2-3,6-8H,1,4-5H2,(H,20,22)(H,23,24,25). The van der Waals surface area contributed by atoms with Crippen molar-refractivity contribution in [2.24, 2.45) is 0 Å². The number of amides is 2. The van der Waals surface area contributed by atoms with Crippen LogP contribution in [-0.4, -0.2) is 32.1 Å². The fourth-order valence-corrected chi connectivity index (χ4v) is 4.06. The highest BCUT2D eigenvalue weighted by Crippen LogP contribution is 2.39. The Morgan fingerprint density at radius 2 is 1.69 bits per heavy atom. The van der Waals surface area contributed by atoms with Gasteiger partial charge in [-0.25, -0.2) is 4.79 Å². The number of benzene rings is 2. The first kappa shape index (κ1) is 19.3. The molecule has 1 heterocycles. The van der Waals surface area contributed by atoms with Gasteiger partial charge in [-0.15, -0.1) is 0 Å². The lowest BCUT2D eigenvalue weighted by atomic mass is 10.0. The van der Waals surface area contributed by atoms with Crippen molar-refractivity contribution in [3.8, 4) is 11.1 Å². The molecule has 0 unspecified atom stereocenters. The van der Waals surface area contributed by atoms with E-state index in [0.29, 0.717) is 18.8 Å². The van der Waals surface area contributed by atoms with Gasteiger partial charge in [0.25, 0.3) is 10.1 Å². The first-order chi connectivity index (χ1) is 12.2. The van der Waals surface area contributed by atoms with Gasteiger partial charge in [-0.3, -0.25) is 9.45 Å². The first-order valence-corrected chi connectivity index (χ1v) is 10.1. The zero-order chi connectivity index (χ0) is 19.1. The minimum atomic E-state index is -4.54. The number of urea groups is 1. The minimum absolute atomic E-state index is 0.118. The Morgan fingerprint density at radius 1 is 1.00 bits per heavy atom. The quantitative estimate of drug-likeness (QED) is 0.550. The molecule has 3 rings (SSSR count). The van der Waals surface area contributed by atoms with Gasteiger partial charge in [-0.2, -0.15) is 8.42 Å². The molecule has 10 heteroatoms. The summed E-state index contributed by atoms with van der Waals surface area (Å²) in [7, 11) is -4.54. The second-order valence-corrected chi connectivity index (χ2v) is 8.25. The van der Waals surface area contributed by atoms with Crippen LogP contribution in [0.4, 0.5) is 10.5 Å². The molecular weight excluding hydrogens is 423 g/mol. The van der Waals surface area contributed by atoms with Crippen LogP contribution in [0.2, 0.25) is 15.1 Å². The smallest absolute Gasteiger partial charge is 0.321 e. The maximum Gasteiger partial charge on any atom is 0.321 e. The van der Waals surface area contributed by atoms with E-state index in [0.717, 1.165) is 6.42 Å². The fourth-order valence-electron chi connectivity index (χ4n) is 2.73. The van der Waals surface area contributed by atoms with Crippen LogP contribution < -0.4 is 10.2 Å². The summed E-state index contributed by atoms with van der Waals surface area (Å²) in [6, 6.07) is 6.65. The largest absolute Gasteiger partial charge is 0.338 e. The summed E-state index contributed by atoms with van der Waals surface area (Å²) in [5, 5.41) is 3.26. The lowest BCUT2D eigenvalue weighted by Crippen LogP contribution is -2.46. The summed E-state index contributed by atoms with van der Waals surface area (Å²) in [6.45, 7) is 1.05. The Kier molecular flexibility index (Phi) is 5.37. The van der Waals surface area contributed by atoms with Gasteiger partial charge in [-0.1, -0.05) is 34.8 Å². The predicted molar refractivity (Wildman–Crippen MR) is 102 cm³/mol. The zero-order valence-corrected chi connectivity index (χ0v) is 16.3. The number of hydrogen-bond acceptors (Lipinski definition) is 3. The van der Waals surface area contributed by atoms with E-state index in [2.05, 4.69) is 5.32 Å². The second-order valence-electron chi connectivity index (χ2n) is 5.64. The molecule has 2 amide bonds. The van der Waals surface area contributed by atoms with Crippen molar-refractivity contribution in [1.29, 1.82) is 0 Å². The fraction of sp³-hybridized carbons (Fsp3) is 0.188. The molecule has 0 spiro atoms. The molecule has 0 aromatic heterocycles. The van der Waals surface area contributed by atoms with E-state index in [9.17, 15) is 17.8 Å². The van der Waals surface area contributed by atoms with E-state index in [1.165, 1.54) is 35.2 Å². The third-order valence-electron chi connectivity index (χ3n) is 3.93. The van der Waals surface area contributed by atoms with Gasteiger partial charge in [0, 0.05) is 29.9 Å². The van der Waals surface area contributed by atoms with E-state index < -0.39 is 10.1 Å². The normalized spacial score (nSPS) is 15.1. The highest BCUT2D eigenvalue weighted by Gasteiger charge is 2.24. The molecule has 0 bridgehead atoms. The summed E-state index contributed by atoms with van der Waals surface area (Å²) < 4.78 is 33.2. The van der Waals surface area contributed by atoms with Crippen LogP contribution in [0.3, 0.4) is 0 Å². The number of rotatable bonds is 3. The van der Waals surface area contributed by atoms with Gasteiger partial charge < -0.3 is 5.32 Å². The average Bonchev–Trinajstić information content (AvgIpc) is 2.57. The molecule has 138 valence electrons. The number of halogens is 3. The maximum absolute atomic E-state index is 12.1. The third kappa shape index (κ3) is 3.77. The SMILES string of the molecule is O=C1NCCCN1c1ccc(S(=O)(=O)O)c(-c2cc(Cl)c(Cl)cc2Cl)c1. The van der Waals surface area contributed by atoms with Crippen LogP contribution in [0.1, 0.15) is 6.42 Å². The molecular formula is C16H13Cl3N2O4S. The minimum Gasteiger partial charge on any atom is -0.338 e. The van der Waals surface area contributed by atoms with Crippen molar-refractivity contribution >= 4 is 56.6 Å². The lowest BCUT2D eigenvalue weighted by molar-refractivity contribution is 0.243. The van der Waals surface area contributed by atoms with E-state index in [1.54, 1.807) is 0 Å². The average molecular weight is 436 g/mol. The summed E-state index contributed by atoms with van der Waals surface area (Å²) >= 11 is 18.2. The van der Waals surface area contributed by atoms with E-state index >= 15 is 0 Å². The molecule has 2 N–H and O–H groups in total. The molecule has 0 saturated carbocycles. The van der Waals surface area contributed by atoms with Gasteiger partial charge in [0.15, 0.2) is 0 Å². The van der Waals surface area contributed by atoms with Gasteiger partial charge >= 0.3 is 6.03 Å². The lowest BCUT2D eigenvalue weighted by Gasteiger charge is -2.28. The Hall–Kier alpha value is -1.51. The summed E-state index contributed by atoms with van der Waals surface area (Å²) in [5.74, 6) is 0. The number of hydrogen-bond donors (Lipinski definition) is 2. The van der Waals surface area contributed by atoms with Gasteiger partial charge in [0.05, 0.1) is 15.1 Å². The van der Waals surface area contributed by atoms with E-state index in [4.69, 9.17) is 34.8 Å². The molecule has 2 aromatic rings. The van der Waals surface area contributed by atoms with Crippen molar-refractivity contribution < 1.29 is 17.8 Å². The van der Waals surface area contributed by atoms with Crippen molar-refractivity contribution in [2.75, 3.05) is 18.0 Å². The van der Waals surface area contributed by atoms with Crippen LogP contribution in [-0.2, 0) is 10.1 Å². The molecule has 6 nitrogen and oxygen atoms in total. The number of nitrogens with zero attached hydrogens (tertiary/aromatic N) is 1. The number of anilines is 1. The topological polar surface area (TPSA) is 86.7 Å². The summed E-state index contributed by atoms with van der Waals surface area (Å²) in [4.78, 5) is 13.2. The van der Waals surface area contributed by atoms with Gasteiger partial charge in [0.2, 0.25) is 0 Å². The number of carbonyl (C=O) groups is 1. The van der Waals surface area contributed by atoms with Crippen LogP contribution in [0.5, 0.6) is 0 Å². The molecule has 1 fully saturated rings. The summed E-state index contributed by atoms with van der Waals surface area (Å²) in [6.07, 6.45) is 0.745. The van der Waals surface area contributed by atoms with E-state index in [-0.39, 0.29) is 37.1 Å². The van der Waals surface area contributed by atoms with Crippen molar-refractivity contribution in [2.45, 2.75) is 11.3 Å². The van der Waals surface area contributed by atoms with Crippen LogP contribution in [0, 0.1) is 0 Å². The number of nitrogens with one attached hydrogen (secondary N) is 1. The van der Waals surface area contributed by atoms with Gasteiger partial charge in [0.1, 0.15) is 4.90 Å². The highest BCUT2D eigenvalue weighted by atomic mass is 35.5. The van der Waals surface area contributed by atoms with Crippen molar-refractivity contribution in [3.05, 3.63) is 45.4 Å². The predicted octanol–water partition coefficient (Wildman–Crippen LogP) is 4.48. The Morgan fingerprint density at radius 3 is 2.35 bits per heavy atom. The molecule has 0 atom stereocenters. The Labute approximate surface area is 165 Å². The molecule has 1 saturated heterocycles. The molecule has 2 aromatic carbocycles. The van der Waals surface area contributed by atoms with Crippen LogP contribution >= 0.6 is 34.8 Å². The second kappa shape index (κ2) is 7.25. The molecule has 26 heavy (non-hydrogen) atoms. The highest BCUT2D eigenvalue weighted by molar-refractivity contribution is 7.86. The third-order valence-corrected chi connectivity index (χ3v) is 5.88. The molecule has 0 aliphatic carbocycles. The molecule has 1 aliphatic rings. The van der Waals surface area contributed by atoms with E-state index in [1.807, 2.05) is 0 Å². The monoisotopic (exact) mass is 434 g/mol. The van der Waals surface area contributed by atoms with Crippen molar-refractivity contribution in [1.82, 2.24) is 5.32 Å². The number of carbonyl (C=O) groups excluding carboxylic acids is 1. The molecule has 1 aliphatic heterocycles. The zero-order valence-electron chi connectivity index (χ0n) is 13.2. The molecule has 0 radical (unpaired) electrons. The van der Waals surface area contributed by atoms with Crippen molar-refractivity contribution in [3.63, 3.8) is 0 Å². The maximum atomic E-state index is 12.1.